The Bertz CT molecular complexity index is 578. The van der Waals surface area contributed by atoms with E-state index in [1.165, 1.54) is 5.56 Å². The summed E-state index contributed by atoms with van der Waals surface area (Å²) in [4.78, 5) is 12.1. The summed E-state index contributed by atoms with van der Waals surface area (Å²) in [6.45, 7) is 2.55. The number of aryl methyl sites for hydroxylation is 1. The molecule has 0 heterocycles. The predicted octanol–water partition coefficient (Wildman–Crippen LogP) is 2.93. The first-order chi connectivity index (χ1) is 9.22. The number of carbonyl (C=O) groups excluding carboxylic acids is 1. The molecule has 0 aliphatic rings. The van der Waals surface area contributed by atoms with Crippen molar-refractivity contribution in [3.05, 3.63) is 65.2 Å². The van der Waals surface area contributed by atoms with E-state index in [-0.39, 0.29) is 5.91 Å². The van der Waals surface area contributed by atoms with Crippen molar-refractivity contribution in [3.63, 3.8) is 0 Å². The number of benzene rings is 2. The molecule has 1 N–H and O–H groups in total. The van der Waals surface area contributed by atoms with Crippen LogP contribution in [0.25, 0.3) is 0 Å². The lowest BCUT2D eigenvalue weighted by Crippen LogP contribution is -2.23. The minimum Gasteiger partial charge on any atom is -0.496 e. The van der Waals surface area contributed by atoms with Gasteiger partial charge in [0.25, 0.3) is 5.91 Å². The van der Waals surface area contributed by atoms with Gasteiger partial charge in [-0.3, -0.25) is 4.79 Å². The first-order valence-electron chi connectivity index (χ1n) is 6.18. The van der Waals surface area contributed by atoms with Crippen molar-refractivity contribution in [2.75, 3.05) is 7.11 Å². The molecule has 0 spiro atoms. The maximum Gasteiger partial charge on any atom is 0.255 e. The topological polar surface area (TPSA) is 38.3 Å². The maximum atomic E-state index is 12.1. The normalized spacial score (nSPS) is 10.0. The summed E-state index contributed by atoms with van der Waals surface area (Å²) >= 11 is 0. The molecule has 0 aromatic heterocycles. The van der Waals surface area contributed by atoms with Crippen molar-refractivity contribution < 1.29 is 9.53 Å². The van der Waals surface area contributed by atoms with Crippen LogP contribution in [0.5, 0.6) is 5.75 Å². The number of nitrogens with one attached hydrogen (secondary N) is 1. The van der Waals surface area contributed by atoms with E-state index in [1.807, 2.05) is 43.3 Å². The van der Waals surface area contributed by atoms with Gasteiger partial charge in [-0.15, -0.1) is 0 Å². The van der Waals surface area contributed by atoms with E-state index in [0.29, 0.717) is 17.9 Å². The molecule has 0 radical (unpaired) electrons. The highest BCUT2D eigenvalue weighted by Gasteiger charge is 2.10. The summed E-state index contributed by atoms with van der Waals surface area (Å²) in [5, 5.41) is 2.91. The lowest BCUT2D eigenvalue weighted by Gasteiger charge is -2.10. The molecule has 3 nitrogen and oxygen atoms in total. The molecule has 0 atom stereocenters. The van der Waals surface area contributed by atoms with Gasteiger partial charge in [0.2, 0.25) is 0 Å². The summed E-state index contributed by atoms with van der Waals surface area (Å²) in [5.41, 5.74) is 2.84. The molecule has 0 fully saturated rings. The van der Waals surface area contributed by atoms with Crippen LogP contribution in [0.3, 0.4) is 0 Å². The monoisotopic (exact) mass is 255 g/mol. The molecule has 0 bridgehead atoms. The van der Waals surface area contributed by atoms with Gasteiger partial charge in [0.1, 0.15) is 5.75 Å². The zero-order chi connectivity index (χ0) is 13.7. The third kappa shape index (κ3) is 3.13. The van der Waals surface area contributed by atoms with Crippen molar-refractivity contribution in [2.45, 2.75) is 13.5 Å². The number of ether oxygens (including phenoxy) is 1. The van der Waals surface area contributed by atoms with Crippen molar-refractivity contribution in [1.29, 1.82) is 0 Å². The average Bonchev–Trinajstić information content (AvgIpc) is 2.46. The Morgan fingerprint density at radius 3 is 2.53 bits per heavy atom. The van der Waals surface area contributed by atoms with Gasteiger partial charge >= 0.3 is 0 Å². The van der Waals surface area contributed by atoms with Gasteiger partial charge in [-0.25, -0.2) is 0 Å². The molecule has 0 aliphatic heterocycles. The van der Waals surface area contributed by atoms with Gasteiger partial charge in [0, 0.05) is 6.54 Å². The molecule has 0 saturated carbocycles. The fraction of sp³-hybridized carbons (Fsp3) is 0.188. The number of amides is 1. The summed E-state index contributed by atoms with van der Waals surface area (Å²) in [6.07, 6.45) is 0. The summed E-state index contributed by atoms with van der Waals surface area (Å²) in [6, 6.07) is 15.2. The molecule has 19 heavy (non-hydrogen) atoms. The number of rotatable bonds is 4. The third-order valence-electron chi connectivity index (χ3n) is 3.05. The van der Waals surface area contributed by atoms with E-state index in [1.54, 1.807) is 19.2 Å². The molecule has 0 unspecified atom stereocenters. The zero-order valence-electron chi connectivity index (χ0n) is 11.1. The fourth-order valence-electron chi connectivity index (χ4n) is 1.91. The summed E-state index contributed by atoms with van der Waals surface area (Å²) in [7, 11) is 1.56. The number of hydrogen-bond acceptors (Lipinski definition) is 2. The van der Waals surface area contributed by atoms with Crippen LogP contribution < -0.4 is 10.1 Å². The van der Waals surface area contributed by atoms with E-state index in [2.05, 4.69) is 5.32 Å². The van der Waals surface area contributed by atoms with Crippen LogP contribution in [0.4, 0.5) is 0 Å². The molecule has 2 aromatic carbocycles. The largest absolute Gasteiger partial charge is 0.496 e. The van der Waals surface area contributed by atoms with Crippen LogP contribution in [-0.4, -0.2) is 13.0 Å². The lowest BCUT2D eigenvalue weighted by molar-refractivity contribution is 0.0948. The highest BCUT2D eigenvalue weighted by atomic mass is 16.5. The second-order valence-electron chi connectivity index (χ2n) is 4.31. The Balaban J connectivity index is 2.08. The quantitative estimate of drug-likeness (QED) is 0.912. The highest BCUT2D eigenvalue weighted by molar-refractivity contribution is 5.96. The average molecular weight is 255 g/mol. The summed E-state index contributed by atoms with van der Waals surface area (Å²) < 4.78 is 5.18. The Labute approximate surface area is 113 Å². The third-order valence-corrected chi connectivity index (χ3v) is 3.05. The maximum absolute atomic E-state index is 12.1. The first kappa shape index (κ1) is 13.1. The Kier molecular flexibility index (Phi) is 4.18. The predicted molar refractivity (Wildman–Crippen MR) is 75.3 cm³/mol. The van der Waals surface area contributed by atoms with Crippen LogP contribution in [0, 0.1) is 6.92 Å². The fourth-order valence-corrected chi connectivity index (χ4v) is 1.91. The second kappa shape index (κ2) is 6.05. The Morgan fingerprint density at radius 1 is 1.11 bits per heavy atom. The van der Waals surface area contributed by atoms with Crippen LogP contribution >= 0.6 is 0 Å². The van der Waals surface area contributed by atoms with Gasteiger partial charge in [-0.2, -0.15) is 0 Å². The number of hydrogen-bond donors (Lipinski definition) is 1. The van der Waals surface area contributed by atoms with Gasteiger partial charge in [-0.1, -0.05) is 36.4 Å². The number of methoxy groups -OCH3 is 1. The molecule has 2 aromatic rings. The number of para-hydroxylation sites is 1. The molecule has 2 rings (SSSR count). The smallest absolute Gasteiger partial charge is 0.255 e. The minimum atomic E-state index is -0.124. The van der Waals surface area contributed by atoms with Crippen LogP contribution in [-0.2, 0) is 6.54 Å². The molecule has 1 amide bonds. The van der Waals surface area contributed by atoms with Crippen LogP contribution in [0.2, 0.25) is 0 Å². The molecular formula is C16H17NO2. The lowest BCUT2D eigenvalue weighted by atomic mass is 10.1. The Morgan fingerprint density at radius 2 is 1.79 bits per heavy atom. The minimum absolute atomic E-state index is 0.124. The standard InChI is InChI=1S/C16H17NO2/c1-12-7-3-4-8-13(12)11-17-16(18)14-9-5-6-10-15(14)19-2/h3-10H,11H2,1-2H3,(H,17,18). The molecular weight excluding hydrogens is 238 g/mol. The van der Waals surface area contributed by atoms with Crippen molar-refractivity contribution in [2.24, 2.45) is 0 Å². The summed E-state index contributed by atoms with van der Waals surface area (Å²) in [5.74, 6) is 0.463. The zero-order valence-corrected chi connectivity index (χ0v) is 11.1. The molecule has 98 valence electrons. The van der Waals surface area contributed by atoms with Crippen molar-refractivity contribution in [3.8, 4) is 5.75 Å². The first-order valence-corrected chi connectivity index (χ1v) is 6.18. The molecule has 3 heteroatoms. The van der Waals surface area contributed by atoms with Crippen LogP contribution in [0.15, 0.2) is 48.5 Å². The second-order valence-corrected chi connectivity index (χ2v) is 4.31. The van der Waals surface area contributed by atoms with Gasteiger partial charge in [-0.05, 0) is 30.2 Å². The molecule has 0 saturated heterocycles. The van der Waals surface area contributed by atoms with E-state index < -0.39 is 0 Å². The van der Waals surface area contributed by atoms with Crippen molar-refractivity contribution in [1.82, 2.24) is 5.32 Å². The number of carbonyl (C=O) groups is 1. The SMILES string of the molecule is COc1ccccc1C(=O)NCc1ccccc1C. The van der Waals surface area contributed by atoms with Gasteiger partial charge in [0.05, 0.1) is 12.7 Å². The van der Waals surface area contributed by atoms with Gasteiger partial charge in [0.15, 0.2) is 0 Å². The van der Waals surface area contributed by atoms with E-state index in [4.69, 9.17) is 4.74 Å². The Hall–Kier alpha value is -2.29. The van der Waals surface area contributed by atoms with Crippen molar-refractivity contribution >= 4 is 5.91 Å². The van der Waals surface area contributed by atoms with E-state index in [0.717, 1.165) is 5.56 Å². The van der Waals surface area contributed by atoms with E-state index in [9.17, 15) is 4.79 Å². The van der Waals surface area contributed by atoms with E-state index >= 15 is 0 Å². The molecule has 0 aliphatic carbocycles. The van der Waals surface area contributed by atoms with Gasteiger partial charge < -0.3 is 10.1 Å². The highest BCUT2D eigenvalue weighted by Crippen LogP contribution is 2.17. The van der Waals surface area contributed by atoms with Crippen LogP contribution in [0.1, 0.15) is 21.5 Å².